The molecule has 1 fully saturated rings. The monoisotopic (exact) mass is 420 g/mol. The maximum Gasteiger partial charge on any atom is 0.253 e. The molecule has 4 rings (SSSR count). The number of hydrogen-bond acceptors (Lipinski definition) is 5. The quantitative estimate of drug-likeness (QED) is 0.639. The van der Waals surface area contributed by atoms with E-state index < -0.39 is 0 Å². The molecule has 3 aromatic rings. The van der Waals surface area contributed by atoms with Gasteiger partial charge >= 0.3 is 0 Å². The smallest absolute Gasteiger partial charge is 0.253 e. The van der Waals surface area contributed by atoms with Gasteiger partial charge in [-0.1, -0.05) is 12.1 Å². The summed E-state index contributed by atoms with van der Waals surface area (Å²) >= 11 is 0. The van der Waals surface area contributed by atoms with Gasteiger partial charge in [0.1, 0.15) is 17.7 Å². The van der Waals surface area contributed by atoms with Gasteiger partial charge in [-0.05, 0) is 48.0 Å². The SMILES string of the molecule is N#Cc1nc(C=Cc2ccc(F)cc2)oc1N1CCN(C(=O)c2ccc(F)cc2)CC1. The van der Waals surface area contributed by atoms with E-state index in [1.54, 1.807) is 29.2 Å². The summed E-state index contributed by atoms with van der Waals surface area (Å²) in [6.45, 7) is 1.81. The first-order valence-corrected chi connectivity index (χ1v) is 9.68. The number of benzene rings is 2. The highest BCUT2D eigenvalue weighted by atomic mass is 19.1. The fourth-order valence-corrected chi connectivity index (χ4v) is 3.32. The third-order valence-electron chi connectivity index (χ3n) is 4.97. The molecule has 0 spiro atoms. The lowest BCUT2D eigenvalue weighted by molar-refractivity contribution is 0.0745. The molecule has 156 valence electrons. The minimum absolute atomic E-state index is 0.164. The molecule has 2 heterocycles. The van der Waals surface area contributed by atoms with E-state index in [2.05, 4.69) is 4.98 Å². The zero-order chi connectivity index (χ0) is 21.8. The molecule has 1 aliphatic heterocycles. The Hall–Kier alpha value is -3.99. The van der Waals surface area contributed by atoms with Crippen molar-refractivity contribution in [3.05, 3.63) is 82.9 Å². The Bertz CT molecular complexity index is 1140. The van der Waals surface area contributed by atoms with Crippen molar-refractivity contribution in [2.24, 2.45) is 0 Å². The topological polar surface area (TPSA) is 73.4 Å². The zero-order valence-electron chi connectivity index (χ0n) is 16.5. The highest BCUT2D eigenvalue weighted by Gasteiger charge is 2.26. The standard InChI is InChI=1S/C23H18F2N4O2/c24-18-6-1-16(2-7-18)3-10-21-27-20(15-26)23(31-21)29-13-11-28(12-14-29)22(30)17-4-8-19(25)9-5-17/h1-10H,11-14H2. The summed E-state index contributed by atoms with van der Waals surface area (Å²) in [6, 6.07) is 13.5. The Morgan fingerprint density at radius 3 is 2.19 bits per heavy atom. The van der Waals surface area contributed by atoms with Gasteiger partial charge in [-0.25, -0.2) is 8.78 Å². The van der Waals surface area contributed by atoms with Gasteiger partial charge in [-0.3, -0.25) is 4.79 Å². The van der Waals surface area contributed by atoms with Gasteiger partial charge in [0.2, 0.25) is 17.5 Å². The number of anilines is 1. The van der Waals surface area contributed by atoms with Crippen molar-refractivity contribution in [3.8, 4) is 6.07 Å². The molecule has 0 radical (unpaired) electrons. The molecule has 0 atom stereocenters. The van der Waals surface area contributed by atoms with Crippen LogP contribution in [0.2, 0.25) is 0 Å². The summed E-state index contributed by atoms with van der Waals surface area (Å²) in [4.78, 5) is 20.3. The van der Waals surface area contributed by atoms with E-state index in [1.165, 1.54) is 36.4 Å². The molecule has 0 bridgehead atoms. The van der Waals surface area contributed by atoms with E-state index in [0.717, 1.165) is 5.56 Å². The fraction of sp³-hybridized carbons (Fsp3) is 0.174. The Balaban J connectivity index is 1.43. The van der Waals surface area contributed by atoms with Crippen LogP contribution in [0.25, 0.3) is 12.2 Å². The molecule has 2 aromatic carbocycles. The van der Waals surface area contributed by atoms with Gasteiger partial charge in [-0.2, -0.15) is 10.2 Å². The third kappa shape index (κ3) is 4.61. The predicted octanol–water partition coefficient (Wildman–Crippen LogP) is 3.96. The van der Waals surface area contributed by atoms with E-state index in [1.807, 2.05) is 11.0 Å². The number of aromatic nitrogens is 1. The molecule has 0 saturated carbocycles. The van der Waals surface area contributed by atoms with E-state index in [-0.39, 0.29) is 29.1 Å². The molecular weight excluding hydrogens is 402 g/mol. The van der Waals surface area contributed by atoms with Gasteiger partial charge in [-0.15, -0.1) is 0 Å². The van der Waals surface area contributed by atoms with Crippen LogP contribution in [0.5, 0.6) is 0 Å². The van der Waals surface area contributed by atoms with Crippen LogP contribution < -0.4 is 4.90 Å². The lowest BCUT2D eigenvalue weighted by Crippen LogP contribution is -2.48. The average Bonchev–Trinajstić information content (AvgIpc) is 3.22. The molecule has 0 unspecified atom stereocenters. The lowest BCUT2D eigenvalue weighted by atomic mass is 10.2. The van der Waals surface area contributed by atoms with Crippen LogP contribution in [0.1, 0.15) is 27.5 Å². The Morgan fingerprint density at radius 2 is 1.58 bits per heavy atom. The number of halogens is 2. The fourth-order valence-electron chi connectivity index (χ4n) is 3.32. The highest BCUT2D eigenvalue weighted by molar-refractivity contribution is 5.94. The van der Waals surface area contributed by atoms with E-state index in [4.69, 9.17) is 4.42 Å². The molecule has 8 heteroatoms. The molecule has 31 heavy (non-hydrogen) atoms. The number of carbonyl (C=O) groups excluding carboxylic acids is 1. The Kier molecular flexibility index (Phi) is 5.76. The number of nitriles is 1. The summed E-state index contributed by atoms with van der Waals surface area (Å²) in [5.74, 6) is -0.254. The second-order valence-corrected chi connectivity index (χ2v) is 6.99. The third-order valence-corrected chi connectivity index (χ3v) is 4.97. The van der Waals surface area contributed by atoms with Crippen LogP contribution in [0.15, 0.2) is 52.9 Å². The Morgan fingerprint density at radius 1 is 0.968 bits per heavy atom. The summed E-state index contributed by atoms with van der Waals surface area (Å²) < 4.78 is 31.9. The Labute approximate surface area is 177 Å². The number of rotatable bonds is 4. The molecule has 1 aromatic heterocycles. The van der Waals surface area contributed by atoms with Gasteiger partial charge in [0, 0.05) is 37.8 Å². The largest absolute Gasteiger partial charge is 0.420 e. The van der Waals surface area contributed by atoms with Crippen molar-refractivity contribution in [1.82, 2.24) is 9.88 Å². The molecule has 6 nitrogen and oxygen atoms in total. The number of piperazine rings is 1. The van der Waals surface area contributed by atoms with Crippen LogP contribution in [-0.4, -0.2) is 42.0 Å². The predicted molar refractivity (Wildman–Crippen MR) is 111 cm³/mol. The molecule has 1 aliphatic rings. The summed E-state index contributed by atoms with van der Waals surface area (Å²) in [5, 5.41) is 9.43. The molecule has 1 saturated heterocycles. The van der Waals surface area contributed by atoms with Crippen LogP contribution in [0.4, 0.5) is 14.7 Å². The number of hydrogen-bond donors (Lipinski definition) is 0. The summed E-state index contributed by atoms with van der Waals surface area (Å²) in [5.41, 5.74) is 1.37. The van der Waals surface area contributed by atoms with Gasteiger partial charge in [0.15, 0.2) is 0 Å². The van der Waals surface area contributed by atoms with E-state index >= 15 is 0 Å². The maximum atomic E-state index is 13.1. The van der Waals surface area contributed by atoms with Crippen LogP contribution in [0, 0.1) is 23.0 Å². The van der Waals surface area contributed by atoms with Crippen molar-refractivity contribution in [2.75, 3.05) is 31.1 Å². The van der Waals surface area contributed by atoms with Crippen molar-refractivity contribution in [3.63, 3.8) is 0 Å². The zero-order valence-corrected chi connectivity index (χ0v) is 16.5. The number of nitrogens with zero attached hydrogens (tertiary/aromatic N) is 4. The minimum atomic E-state index is -0.389. The van der Waals surface area contributed by atoms with Gasteiger partial charge < -0.3 is 14.2 Å². The van der Waals surface area contributed by atoms with Crippen LogP contribution >= 0.6 is 0 Å². The average molecular weight is 420 g/mol. The first kappa shape index (κ1) is 20.3. The van der Waals surface area contributed by atoms with Crippen LogP contribution in [-0.2, 0) is 0 Å². The number of amides is 1. The highest BCUT2D eigenvalue weighted by Crippen LogP contribution is 2.24. The van der Waals surface area contributed by atoms with Crippen molar-refractivity contribution < 1.29 is 18.0 Å². The summed E-state index contributed by atoms with van der Waals surface area (Å²) in [7, 11) is 0. The molecule has 0 N–H and O–H groups in total. The number of carbonyl (C=O) groups is 1. The first-order chi connectivity index (χ1) is 15.0. The van der Waals surface area contributed by atoms with E-state index in [0.29, 0.717) is 37.6 Å². The molecule has 1 amide bonds. The van der Waals surface area contributed by atoms with Crippen LogP contribution in [0.3, 0.4) is 0 Å². The number of oxazole rings is 1. The minimum Gasteiger partial charge on any atom is -0.420 e. The van der Waals surface area contributed by atoms with Crippen molar-refractivity contribution >= 4 is 23.9 Å². The van der Waals surface area contributed by atoms with Gasteiger partial charge in [0.05, 0.1) is 0 Å². The first-order valence-electron chi connectivity index (χ1n) is 9.68. The summed E-state index contributed by atoms with van der Waals surface area (Å²) in [6.07, 6.45) is 3.33. The van der Waals surface area contributed by atoms with E-state index in [9.17, 15) is 18.8 Å². The van der Waals surface area contributed by atoms with Crippen molar-refractivity contribution in [1.29, 1.82) is 5.26 Å². The van der Waals surface area contributed by atoms with Gasteiger partial charge in [0.25, 0.3) is 5.91 Å². The normalized spacial score (nSPS) is 14.1. The van der Waals surface area contributed by atoms with Crippen molar-refractivity contribution in [2.45, 2.75) is 0 Å². The molecular formula is C23H18F2N4O2. The molecule has 0 aliphatic carbocycles. The second-order valence-electron chi connectivity index (χ2n) is 6.99. The maximum absolute atomic E-state index is 13.1. The lowest BCUT2D eigenvalue weighted by Gasteiger charge is -2.34. The second kappa shape index (κ2) is 8.79.